The number of carbonyl (C=O) groups is 1. The zero-order chi connectivity index (χ0) is 13.0. The highest BCUT2D eigenvalue weighted by Gasteiger charge is 2.09. The predicted molar refractivity (Wildman–Crippen MR) is 63.6 cm³/mol. The Morgan fingerprint density at radius 3 is 2.72 bits per heavy atom. The third-order valence-electron chi connectivity index (χ3n) is 2.18. The van der Waals surface area contributed by atoms with Gasteiger partial charge in [-0.15, -0.1) is 0 Å². The van der Waals surface area contributed by atoms with E-state index in [1.165, 1.54) is 25.3 Å². The smallest absolute Gasteiger partial charge is 0.338 e. The standard InChI is InChI=1S/C14H10O4/c1-17-14(16)10-7-11(15)9-13(8-10)18-12-5-3-2-4-6-12/h3,5-9,15H,1H3. The van der Waals surface area contributed by atoms with Crippen LogP contribution >= 0.6 is 0 Å². The van der Waals surface area contributed by atoms with Gasteiger partial charge in [-0.05, 0) is 24.3 Å². The fraction of sp³-hybridized carbons (Fsp3) is 0.0714. The Morgan fingerprint density at radius 2 is 2.06 bits per heavy atom. The predicted octanol–water partition coefficient (Wildman–Crippen LogP) is 2.57. The molecule has 0 bridgehead atoms. The van der Waals surface area contributed by atoms with Crippen molar-refractivity contribution in [3.8, 4) is 17.2 Å². The molecule has 0 spiro atoms. The summed E-state index contributed by atoms with van der Waals surface area (Å²) in [5, 5.41) is 9.51. The number of aromatic hydroxyl groups is 1. The highest BCUT2D eigenvalue weighted by Crippen LogP contribution is 2.26. The van der Waals surface area contributed by atoms with E-state index in [4.69, 9.17) is 4.74 Å². The highest BCUT2D eigenvalue weighted by molar-refractivity contribution is 5.90. The molecule has 0 saturated carbocycles. The van der Waals surface area contributed by atoms with Gasteiger partial charge in [-0.3, -0.25) is 0 Å². The summed E-state index contributed by atoms with van der Waals surface area (Å²) < 4.78 is 10.1. The van der Waals surface area contributed by atoms with Gasteiger partial charge in [0.05, 0.1) is 12.7 Å². The van der Waals surface area contributed by atoms with Crippen LogP contribution in [0.3, 0.4) is 0 Å². The number of phenolic OH excluding ortho intramolecular Hbond substituents is 1. The van der Waals surface area contributed by atoms with Crippen molar-refractivity contribution in [1.29, 1.82) is 0 Å². The Hall–Kier alpha value is -2.67. The van der Waals surface area contributed by atoms with Crippen molar-refractivity contribution in [3.63, 3.8) is 0 Å². The lowest BCUT2D eigenvalue weighted by molar-refractivity contribution is 0.0600. The second-order valence-electron chi connectivity index (χ2n) is 3.48. The molecule has 0 amide bonds. The van der Waals surface area contributed by atoms with Crippen molar-refractivity contribution < 1.29 is 19.4 Å². The van der Waals surface area contributed by atoms with Crippen LogP contribution in [-0.2, 0) is 4.74 Å². The van der Waals surface area contributed by atoms with Gasteiger partial charge < -0.3 is 14.6 Å². The number of hydrogen-bond donors (Lipinski definition) is 1. The monoisotopic (exact) mass is 242 g/mol. The van der Waals surface area contributed by atoms with Crippen LogP contribution in [0.15, 0.2) is 36.4 Å². The highest BCUT2D eigenvalue weighted by atomic mass is 16.5. The summed E-state index contributed by atoms with van der Waals surface area (Å²) in [6.07, 6.45) is 0. The van der Waals surface area contributed by atoms with Gasteiger partial charge >= 0.3 is 5.97 Å². The summed E-state index contributed by atoms with van der Waals surface area (Å²) in [7, 11) is 1.27. The van der Waals surface area contributed by atoms with Gasteiger partial charge in [0, 0.05) is 12.1 Å². The maximum Gasteiger partial charge on any atom is 0.338 e. The van der Waals surface area contributed by atoms with Gasteiger partial charge in [0.1, 0.15) is 17.2 Å². The average molecular weight is 242 g/mol. The zero-order valence-electron chi connectivity index (χ0n) is 9.64. The second kappa shape index (κ2) is 5.11. The number of ether oxygens (including phenoxy) is 2. The number of esters is 1. The van der Waals surface area contributed by atoms with Crippen LogP contribution in [0, 0.1) is 12.1 Å². The minimum Gasteiger partial charge on any atom is -0.508 e. The number of benzene rings is 1. The van der Waals surface area contributed by atoms with E-state index in [2.05, 4.69) is 16.9 Å². The molecule has 0 saturated heterocycles. The summed E-state index contributed by atoms with van der Waals surface area (Å²) in [6.45, 7) is 0. The average Bonchev–Trinajstić information content (AvgIpc) is 2.38. The molecule has 0 unspecified atom stereocenters. The van der Waals surface area contributed by atoms with Gasteiger partial charge in [-0.25, -0.2) is 4.79 Å². The quantitative estimate of drug-likeness (QED) is 0.840. The molecule has 4 nitrogen and oxygen atoms in total. The lowest BCUT2D eigenvalue weighted by Crippen LogP contribution is -2.01. The molecule has 2 aromatic rings. The number of hydrogen-bond acceptors (Lipinski definition) is 4. The van der Waals surface area contributed by atoms with E-state index in [0.29, 0.717) is 11.5 Å². The summed E-state index contributed by atoms with van der Waals surface area (Å²) in [5.41, 5.74) is 0.221. The first kappa shape index (κ1) is 11.8. The van der Waals surface area contributed by atoms with Crippen molar-refractivity contribution in [3.05, 3.63) is 54.1 Å². The minimum atomic E-state index is -0.538. The SMILES string of the molecule is COC(=O)c1cc(O)cc(Oc2cc#ccc2)c1. The zero-order valence-corrected chi connectivity index (χ0v) is 9.64. The molecule has 0 aliphatic rings. The number of carbonyl (C=O) groups excluding carboxylic acids is 1. The minimum absolute atomic E-state index is 0.0700. The van der Waals surface area contributed by atoms with E-state index in [-0.39, 0.29) is 11.3 Å². The van der Waals surface area contributed by atoms with E-state index in [1.807, 2.05) is 0 Å². The first-order chi connectivity index (χ1) is 8.69. The van der Waals surface area contributed by atoms with Gasteiger partial charge in [0.2, 0.25) is 0 Å². The fourth-order valence-corrected chi connectivity index (χ4v) is 1.41. The third-order valence-corrected chi connectivity index (χ3v) is 2.18. The van der Waals surface area contributed by atoms with Gasteiger partial charge in [0.15, 0.2) is 0 Å². The fourth-order valence-electron chi connectivity index (χ4n) is 1.41. The van der Waals surface area contributed by atoms with Crippen LogP contribution in [0.2, 0.25) is 0 Å². The summed E-state index contributed by atoms with van der Waals surface area (Å²) in [5.74, 6) is 0.272. The molecule has 0 radical (unpaired) electrons. The number of methoxy groups -OCH3 is 1. The van der Waals surface area contributed by atoms with E-state index in [9.17, 15) is 9.90 Å². The van der Waals surface area contributed by atoms with E-state index in [1.54, 1.807) is 18.2 Å². The molecule has 0 aliphatic carbocycles. The normalized spacial score (nSPS) is 9.39. The van der Waals surface area contributed by atoms with Crippen molar-refractivity contribution in [2.24, 2.45) is 0 Å². The van der Waals surface area contributed by atoms with Gasteiger partial charge in [-0.1, -0.05) is 12.1 Å². The molecule has 90 valence electrons. The molecule has 0 heterocycles. The Bertz CT molecular complexity index is 549. The Balaban J connectivity index is 2.28. The van der Waals surface area contributed by atoms with Crippen LogP contribution in [0.25, 0.3) is 0 Å². The molecule has 0 aliphatic heterocycles. The van der Waals surface area contributed by atoms with Crippen LogP contribution in [0.5, 0.6) is 17.2 Å². The lowest BCUT2D eigenvalue weighted by atomic mass is 10.2. The molecule has 2 rings (SSSR count). The van der Waals surface area contributed by atoms with Crippen molar-refractivity contribution in [2.75, 3.05) is 7.11 Å². The van der Waals surface area contributed by atoms with Gasteiger partial charge in [-0.2, -0.15) is 0 Å². The molecular weight excluding hydrogens is 232 g/mol. The van der Waals surface area contributed by atoms with Crippen molar-refractivity contribution in [1.82, 2.24) is 0 Å². The second-order valence-corrected chi connectivity index (χ2v) is 3.48. The van der Waals surface area contributed by atoms with E-state index in [0.717, 1.165) is 0 Å². The summed E-state index contributed by atoms with van der Waals surface area (Å²) in [4.78, 5) is 11.4. The Labute approximate surface area is 104 Å². The van der Waals surface area contributed by atoms with Crippen LogP contribution < -0.4 is 4.74 Å². The molecule has 18 heavy (non-hydrogen) atoms. The third kappa shape index (κ3) is 2.71. The van der Waals surface area contributed by atoms with Crippen LogP contribution in [0.4, 0.5) is 0 Å². The summed E-state index contributed by atoms with van der Waals surface area (Å²) in [6, 6.07) is 14.6. The van der Waals surface area contributed by atoms with Crippen molar-refractivity contribution in [2.45, 2.75) is 0 Å². The van der Waals surface area contributed by atoms with Crippen LogP contribution in [0.1, 0.15) is 10.4 Å². The largest absolute Gasteiger partial charge is 0.508 e. The first-order valence-corrected chi connectivity index (χ1v) is 5.17. The Morgan fingerprint density at radius 1 is 1.22 bits per heavy atom. The van der Waals surface area contributed by atoms with E-state index >= 15 is 0 Å². The summed E-state index contributed by atoms with van der Waals surface area (Å²) >= 11 is 0. The van der Waals surface area contributed by atoms with E-state index < -0.39 is 5.97 Å². The molecule has 2 aromatic carbocycles. The molecule has 0 fully saturated rings. The molecular formula is C14H10O4. The van der Waals surface area contributed by atoms with Crippen LogP contribution in [-0.4, -0.2) is 18.2 Å². The molecule has 0 aromatic heterocycles. The number of phenols is 1. The molecule has 1 N–H and O–H groups in total. The van der Waals surface area contributed by atoms with Gasteiger partial charge in [0.25, 0.3) is 0 Å². The number of rotatable bonds is 3. The first-order valence-electron chi connectivity index (χ1n) is 5.17. The topological polar surface area (TPSA) is 55.8 Å². The van der Waals surface area contributed by atoms with Crippen molar-refractivity contribution >= 4 is 5.97 Å². The Kier molecular flexibility index (Phi) is 3.35. The lowest BCUT2D eigenvalue weighted by Gasteiger charge is -2.07. The maximum absolute atomic E-state index is 11.4. The molecule has 4 heteroatoms. The molecule has 0 atom stereocenters. The maximum atomic E-state index is 11.4.